The predicted octanol–water partition coefficient (Wildman–Crippen LogP) is 0.915. The number of esters is 1. The molecule has 3 amide bonds. The summed E-state index contributed by atoms with van der Waals surface area (Å²) in [5, 5.41) is 1.76. The van der Waals surface area contributed by atoms with E-state index in [4.69, 9.17) is 10.5 Å². The molecule has 1 rings (SSSR count). The molecule has 8 heteroatoms. The van der Waals surface area contributed by atoms with Crippen LogP contribution in [0.25, 0.3) is 0 Å². The van der Waals surface area contributed by atoms with Crippen molar-refractivity contribution in [2.75, 3.05) is 0 Å². The minimum absolute atomic E-state index is 0.144. The fourth-order valence-electron chi connectivity index (χ4n) is 1.53. The summed E-state index contributed by atoms with van der Waals surface area (Å²) in [7, 11) is 0. The van der Waals surface area contributed by atoms with Crippen LogP contribution in [-0.2, 0) is 14.3 Å². The highest BCUT2D eigenvalue weighted by Crippen LogP contribution is 2.08. The van der Waals surface area contributed by atoms with Crippen LogP contribution < -0.4 is 11.1 Å². The van der Waals surface area contributed by atoms with Crippen molar-refractivity contribution in [2.45, 2.75) is 25.9 Å². The number of rotatable bonds is 6. The molecule has 118 valence electrons. The number of ketones is 1. The van der Waals surface area contributed by atoms with Gasteiger partial charge in [-0.15, -0.1) is 0 Å². The van der Waals surface area contributed by atoms with Crippen molar-refractivity contribution in [3.63, 3.8) is 0 Å². The lowest BCUT2D eigenvalue weighted by Crippen LogP contribution is -2.42. The number of nitrogens with one attached hydrogen (secondary N) is 1. The number of primary amides is 1. The van der Waals surface area contributed by atoms with Crippen molar-refractivity contribution in [1.29, 1.82) is 0 Å². The molecule has 0 aliphatic carbocycles. The number of amides is 3. The summed E-state index contributed by atoms with van der Waals surface area (Å²) >= 11 is 0. The molecular formula is C14H15FN2O5. The van der Waals surface area contributed by atoms with Gasteiger partial charge in [-0.3, -0.25) is 19.7 Å². The molecule has 0 bridgehead atoms. The number of Topliss-reactive ketones (excluding diaryl/α,β-unsaturated/α-hetero) is 1. The van der Waals surface area contributed by atoms with Crippen LogP contribution in [0.3, 0.4) is 0 Å². The number of hydrogen-bond donors (Lipinski definition) is 2. The maximum Gasteiger partial charge on any atom is 0.318 e. The van der Waals surface area contributed by atoms with E-state index in [0.29, 0.717) is 0 Å². The zero-order valence-corrected chi connectivity index (χ0v) is 11.8. The second-order valence-corrected chi connectivity index (χ2v) is 4.42. The number of carbonyl (C=O) groups is 4. The van der Waals surface area contributed by atoms with E-state index >= 15 is 0 Å². The highest BCUT2D eigenvalue weighted by Gasteiger charge is 2.19. The standard InChI is InChI=1S/C14H15FN2O5/c1-8(13(20)17-14(16)21)22-12(19)7-6-11(18)9-2-4-10(15)5-3-9/h2-5,8H,6-7H2,1H3,(H3,16,17,20,21)/t8-/m0/s1. The second-order valence-electron chi connectivity index (χ2n) is 4.42. The molecule has 0 saturated carbocycles. The lowest BCUT2D eigenvalue weighted by Gasteiger charge is -2.11. The maximum absolute atomic E-state index is 12.7. The smallest absolute Gasteiger partial charge is 0.318 e. The Kier molecular flexibility index (Phi) is 6.18. The number of benzene rings is 1. The van der Waals surface area contributed by atoms with Crippen molar-refractivity contribution >= 4 is 23.7 Å². The Morgan fingerprint density at radius 1 is 1.18 bits per heavy atom. The van der Waals surface area contributed by atoms with Crippen LogP contribution in [0, 0.1) is 5.82 Å². The van der Waals surface area contributed by atoms with Crippen molar-refractivity contribution in [1.82, 2.24) is 5.32 Å². The summed E-state index contributed by atoms with van der Waals surface area (Å²) < 4.78 is 17.5. The van der Waals surface area contributed by atoms with Crippen LogP contribution in [0.1, 0.15) is 30.1 Å². The molecule has 3 N–H and O–H groups in total. The summed E-state index contributed by atoms with van der Waals surface area (Å²) in [4.78, 5) is 45.0. The molecule has 1 atom stereocenters. The van der Waals surface area contributed by atoms with E-state index < -0.39 is 29.8 Å². The number of hydrogen-bond acceptors (Lipinski definition) is 5. The van der Waals surface area contributed by atoms with Gasteiger partial charge >= 0.3 is 12.0 Å². The van der Waals surface area contributed by atoms with E-state index in [1.54, 1.807) is 5.32 Å². The largest absolute Gasteiger partial charge is 0.453 e. The first kappa shape index (κ1) is 17.3. The monoisotopic (exact) mass is 310 g/mol. The lowest BCUT2D eigenvalue weighted by molar-refractivity contribution is -0.154. The summed E-state index contributed by atoms with van der Waals surface area (Å²) in [5.41, 5.74) is 5.02. The number of halogens is 1. The minimum Gasteiger partial charge on any atom is -0.453 e. The third-order valence-corrected chi connectivity index (χ3v) is 2.65. The van der Waals surface area contributed by atoms with Gasteiger partial charge in [0, 0.05) is 12.0 Å². The molecule has 0 heterocycles. The van der Waals surface area contributed by atoms with Gasteiger partial charge in [-0.25, -0.2) is 9.18 Å². The fourth-order valence-corrected chi connectivity index (χ4v) is 1.53. The molecule has 7 nitrogen and oxygen atoms in total. The van der Waals surface area contributed by atoms with Gasteiger partial charge < -0.3 is 10.5 Å². The van der Waals surface area contributed by atoms with Gasteiger partial charge in [-0.2, -0.15) is 0 Å². The third-order valence-electron chi connectivity index (χ3n) is 2.65. The van der Waals surface area contributed by atoms with Gasteiger partial charge in [-0.05, 0) is 31.2 Å². The fraction of sp³-hybridized carbons (Fsp3) is 0.286. The molecular weight excluding hydrogens is 295 g/mol. The van der Waals surface area contributed by atoms with Gasteiger partial charge in [0.1, 0.15) is 5.82 Å². The Hall–Kier alpha value is -2.77. The van der Waals surface area contributed by atoms with E-state index in [-0.39, 0.29) is 24.2 Å². The summed E-state index contributed by atoms with van der Waals surface area (Å²) in [6.07, 6.45) is -1.60. The number of nitrogens with two attached hydrogens (primary N) is 1. The normalized spacial score (nSPS) is 11.4. The molecule has 22 heavy (non-hydrogen) atoms. The van der Waals surface area contributed by atoms with Crippen LogP contribution in [-0.4, -0.2) is 29.8 Å². The molecule has 0 aliphatic rings. The molecule has 0 saturated heterocycles. The first-order valence-corrected chi connectivity index (χ1v) is 6.38. The van der Waals surface area contributed by atoms with Gasteiger partial charge in [-0.1, -0.05) is 0 Å². The van der Waals surface area contributed by atoms with Crippen molar-refractivity contribution in [2.24, 2.45) is 5.73 Å². The Labute approximate surface area is 125 Å². The average molecular weight is 310 g/mol. The number of ether oxygens (including phenoxy) is 1. The summed E-state index contributed by atoms with van der Waals surface area (Å²) in [6, 6.07) is 3.85. The molecule has 0 unspecified atom stereocenters. The van der Waals surface area contributed by atoms with Crippen molar-refractivity contribution in [3.8, 4) is 0 Å². The van der Waals surface area contributed by atoms with E-state index in [9.17, 15) is 23.6 Å². The zero-order valence-electron chi connectivity index (χ0n) is 11.8. The van der Waals surface area contributed by atoms with Crippen LogP contribution in [0.4, 0.5) is 9.18 Å². The Morgan fingerprint density at radius 2 is 1.77 bits per heavy atom. The number of imide groups is 1. The SMILES string of the molecule is C[C@H](OC(=O)CCC(=O)c1ccc(F)cc1)C(=O)NC(N)=O. The van der Waals surface area contributed by atoms with Crippen LogP contribution in [0.15, 0.2) is 24.3 Å². The average Bonchev–Trinajstić information content (AvgIpc) is 2.44. The molecule has 0 aliphatic heterocycles. The first-order valence-electron chi connectivity index (χ1n) is 6.38. The van der Waals surface area contributed by atoms with Gasteiger partial charge in [0.15, 0.2) is 11.9 Å². The Morgan fingerprint density at radius 3 is 2.32 bits per heavy atom. The molecule has 0 aromatic heterocycles. The molecule has 0 radical (unpaired) electrons. The van der Waals surface area contributed by atoms with Gasteiger partial charge in [0.2, 0.25) is 0 Å². The van der Waals surface area contributed by atoms with Crippen LogP contribution in [0.2, 0.25) is 0 Å². The van der Waals surface area contributed by atoms with Gasteiger partial charge in [0.05, 0.1) is 6.42 Å². The number of urea groups is 1. The van der Waals surface area contributed by atoms with Gasteiger partial charge in [0.25, 0.3) is 5.91 Å². The van der Waals surface area contributed by atoms with Crippen molar-refractivity contribution < 1.29 is 28.3 Å². The van der Waals surface area contributed by atoms with Crippen LogP contribution in [0.5, 0.6) is 0 Å². The molecule has 1 aromatic rings. The quantitative estimate of drug-likeness (QED) is 0.598. The van der Waals surface area contributed by atoms with Crippen LogP contribution >= 0.6 is 0 Å². The Balaban J connectivity index is 2.42. The Bertz CT molecular complexity index is 585. The number of carbonyl (C=O) groups excluding carboxylic acids is 4. The molecule has 1 aromatic carbocycles. The predicted molar refractivity (Wildman–Crippen MR) is 73.2 cm³/mol. The highest BCUT2D eigenvalue weighted by molar-refractivity contribution is 5.98. The van der Waals surface area contributed by atoms with E-state index in [1.165, 1.54) is 19.1 Å². The second kappa shape index (κ2) is 7.87. The van der Waals surface area contributed by atoms with E-state index in [2.05, 4.69) is 0 Å². The summed E-state index contributed by atoms with van der Waals surface area (Å²) in [6.45, 7) is 1.26. The molecule has 0 fully saturated rings. The summed E-state index contributed by atoms with van der Waals surface area (Å²) in [5.74, 6) is -2.45. The lowest BCUT2D eigenvalue weighted by atomic mass is 10.1. The maximum atomic E-state index is 12.7. The van der Waals surface area contributed by atoms with E-state index in [0.717, 1.165) is 12.1 Å². The molecule has 0 spiro atoms. The third kappa shape index (κ3) is 5.70. The van der Waals surface area contributed by atoms with Crippen molar-refractivity contribution in [3.05, 3.63) is 35.6 Å². The first-order chi connectivity index (χ1) is 10.3. The minimum atomic E-state index is -1.21. The highest BCUT2D eigenvalue weighted by atomic mass is 19.1. The topological polar surface area (TPSA) is 116 Å². The zero-order chi connectivity index (χ0) is 16.7. The van der Waals surface area contributed by atoms with E-state index in [1.807, 2.05) is 0 Å².